The van der Waals surface area contributed by atoms with E-state index in [1.54, 1.807) is 0 Å². The minimum Gasteiger partial charge on any atom is -0.347 e. The molecule has 1 heterocycles. The zero-order valence-corrected chi connectivity index (χ0v) is 12.6. The van der Waals surface area contributed by atoms with Gasteiger partial charge in [-0.05, 0) is 26.7 Å². The van der Waals surface area contributed by atoms with Crippen molar-refractivity contribution in [2.24, 2.45) is 0 Å². The maximum absolute atomic E-state index is 4.64. The van der Waals surface area contributed by atoms with E-state index in [1.807, 2.05) is 11.3 Å². The van der Waals surface area contributed by atoms with E-state index < -0.39 is 0 Å². The Hall–Kier alpha value is -0.0900. The third-order valence-electron chi connectivity index (χ3n) is 3.46. The third kappa shape index (κ3) is 2.43. The molecule has 0 spiro atoms. The summed E-state index contributed by atoms with van der Waals surface area (Å²) in [5, 5.41) is 1.17. The predicted molar refractivity (Wildman–Crippen MR) is 75.0 cm³/mol. The number of hydrogen-bond donors (Lipinski definition) is 0. The van der Waals surface area contributed by atoms with Crippen LogP contribution in [0.5, 0.6) is 0 Å². The molecule has 0 N–H and O–H groups in total. The fourth-order valence-electron chi connectivity index (χ4n) is 2.25. The molecule has 0 amide bonds. The number of rotatable bonds is 2. The quantitative estimate of drug-likeness (QED) is 0.770. The van der Waals surface area contributed by atoms with Crippen LogP contribution in [0.25, 0.3) is 0 Å². The van der Waals surface area contributed by atoms with E-state index in [-0.39, 0.29) is 0 Å². The highest BCUT2D eigenvalue weighted by Crippen LogP contribution is 2.33. The Morgan fingerprint density at radius 2 is 2.00 bits per heavy atom. The van der Waals surface area contributed by atoms with Gasteiger partial charge in [-0.2, -0.15) is 0 Å². The van der Waals surface area contributed by atoms with Crippen molar-refractivity contribution < 1.29 is 0 Å². The fourth-order valence-corrected chi connectivity index (χ4v) is 4.12. The first-order valence-electron chi connectivity index (χ1n) is 5.90. The minimum absolute atomic E-state index is 0.610. The lowest BCUT2D eigenvalue weighted by Crippen LogP contribution is -2.40. The highest BCUT2D eigenvalue weighted by molar-refractivity contribution is 9.09. The van der Waals surface area contributed by atoms with Crippen LogP contribution in [0.3, 0.4) is 0 Å². The van der Waals surface area contributed by atoms with Crippen LogP contribution in [0.2, 0.25) is 0 Å². The molecule has 16 heavy (non-hydrogen) atoms. The van der Waals surface area contributed by atoms with Gasteiger partial charge in [-0.3, -0.25) is 0 Å². The summed E-state index contributed by atoms with van der Waals surface area (Å²) in [6.07, 6.45) is 5.28. The first-order valence-corrected chi connectivity index (χ1v) is 7.63. The van der Waals surface area contributed by atoms with Crippen molar-refractivity contribution >= 4 is 32.4 Å². The lowest BCUT2D eigenvalue weighted by molar-refractivity contribution is 0.443. The van der Waals surface area contributed by atoms with Crippen molar-refractivity contribution in [2.45, 2.75) is 50.4 Å². The van der Waals surface area contributed by atoms with Crippen molar-refractivity contribution in [1.82, 2.24) is 4.98 Å². The number of nitrogens with zero attached hydrogens (tertiary/aromatic N) is 2. The molecule has 2 unspecified atom stereocenters. The molecule has 0 bridgehead atoms. The molecular formula is C12H19BrN2S. The second-order valence-corrected chi connectivity index (χ2v) is 6.97. The molecule has 1 saturated carbocycles. The van der Waals surface area contributed by atoms with E-state index in [0.29, 0.717) is 10.9 Å². The van der Waals surface area contributed by atoms with Crippen LogP contribution in [0.1, 0.15) is 36.3 Å². The monoisotopic (exact) mass is 302 g/mol. The summed E-state index contributed by atoms with van der Waals surface area (Å²) in [6, 6.07) is 0.610. The number of aryl methyl sites for hydroxylation is 2. The van der Waals surface area contributed by atoms with Gasteiger partial charge in [0.2, 0.25) is 0 Å². The molecular weight excluding hydrogens is 284 g/mol. The molecule has 1 aromatic rings. The summed E-state index contributed by atoms with van der Waals surface area (Å²) in [5.74, 6) is 0. The Balaban J connectivity index is 2.14. The summed E-state index contributed by atoms with van der Waals surface area (Å²) < 4.78 is 0. The molecule has 0 aliphatic heterocycles. The van der Waals surface area contributed by atoms with Crippen LogP contribution in [-0.2, 0) is 0 Å². The van der Waals surface area contributed by atoms with E-state index in [2.05, 4.69) is 46.7 Å². The Bertz CT molecular complexity index is 344. The van der Waals surface area contributed by atoms with Gasteiger partial charge in [-0.25, -0.2) is 4.98 Å². The number of anilines is 1. The van der Waals surface area contributed by atoms with Crippen molar-refractivity contribution in [3.63, 3.8) is 0 Å². The van der Waals surface area contributed by atoms with Crippen LogP contribution in [-0.4, -0.2) is 22.9 Å². The van der Waals surface area contributed by atoms with E-state index in [4.69, 9.17) is 0 Å². The average Bonchev–Trinajstić information content (AvgIpc) is 2.59. The second kappa shape index (κ2) is 5.05. The topological polar surface area (TPSA) is 16.1 Å². The number of alkyl halides is 1. The summed E-state index contributed by atoms with van der Waals surface area (Å²) >= 11 is 5.63. The Morgan fingerprint density at radius 1 is 1.31 bits per heavy atom. The van der Waals surface area contributed by atoms with Crippen LogP contribution in [0.15, 0.2) is 0 Å². The van der Waals surface area contributed by atoms with Crippen LogP contribution >= 0.6 is 27.3 Å². The first-order chi connectivity index (χ1) is 7.59. The zero-order chi connectivity index (χ0) is 11.7. The first kappa shape index (κ1) is 12.4. The zero-order valence-electron chi connectivity index (χ0n) is 10.2. The Labute approximate surface area is 110 Å². The molecule has 0 saturated heterocycles. The van der Waals surface area contributed by atoms with Crippen molar-refractivity contribution in [3.05, 3.63) is 10.6 Å². The lowest BCUT2D eigenvalue weighted by atomic mass is 9.94. The molecule has 1 fully saturated rings. The number of aromatic nitrogens is 1. The van der Waals surface area contributed by atoms with Gasteiger partial charge in [0.25, 0.3) is 0 Å². The van der Waals surface area contributed by atoms with Crippen molar-refractivity contribution in [2.75, 3.05) is 11.9 Å². The lowest BCUT2D eigenvalue weighted by Gasteiger charge is -2.35. The molecule has 1 aliphatic rings. The van der Waals surface area contributed by atoms with Gasteiger partial charge < -0.3 is 4.90 Å². The molecule has 0 radical (unpaired) electrons. The largest absolute Gasteiger partial charge is 0.347 e. The van der Waals surface area contributed by atoms with Gasteiger partial charge in [-0.1, -0.05) is 28.8 Å². The second-order valence-electron chi connectivity index (χ2n) is 4.62. The molecule has 1 aromatic heterocycles. The van der Waals surface area contributed by atoms with E-state index in [1.165, 1.54) is 41.4 Å². The molecule has 2 nitrogen and oxygen atoms in total. The number of halogens is 1. The van der Waals surface area contributed by atoms with Crippen LogP contribution in [0, 0.1) is 13.8 Å². The SMILES string of the molecule is Cc1nc(N(C)C2CCCCC2Br)sc1C. The molecule has 1 aliphatic carbocycles. The normalized spacial score (nSPS) is 25.8. The van der Waals surface area contributed by atoms with E-state index >= 15 is 0 Å². The molecule has 4 heteroatoms. The van der Waals surface area contributed by atoms with Gasteiger partial charge >= 0.3 is 0 Å². The molecule has 2 atom stereocenters. The highest BCUT2D eigenvalue weighted by atomic mass is 79.9. The molecule has 2 rings (SSSR count). The Kier molecular flexibility index (Phi) is 3.90. The third-order valence-corrected chi connectivity index (χ3v) is 5.70. The van der Waals surface area contributed by atoms with Crippen molar-refractivity contribution in [3.8, 4) is 0 Å². The van der Waals surface area contributed by atoms with Gasteiger partial charge in [0, 0.05) is 22.8 Å². The summed E-state index contributed by atoms with van der Waals surface area (Å²) in [5.41, 5.74) is 1.17. The molecule has 0 aromatic carbocycles. The smallest absolute Gasteiger partial charge is 0.185 e. The van der Waals surface area contributed by atoms with Gasteiger partial charge in [0.1, 0.15) is 0 Å². The van der Waals surface area contributed by atoms with E-state index in [0.717, 1.165) is 0 Å². The minimum atomic E-state index is 0.610. The standard InChI is InChI=1S/C12H19BrN2S/c1-8-9(2)16-12(14-8)15(3)11-7-5-4-6-10(11)13/h10-11H,4-7H2,1-3H3. The summed E-state index contributed by atoms with van der Waals surface area (Å²) in [7, 11) is 2.18. The van der Waals surface area contributed by atoms with E-state index in [9.17, 15) is 0 Å². The van der Waals surface area contributed by atoms with Gasteiger partial charge in [-0.15, -0.1) is 11.3 Å². The Morgan fingerprint density at radius 3 is 2.56 bits per heavy atom. The maximum Gasteiger partial charge on any atom is 0.185 e. The maximum atomic E-state index is 4.64. The summed E-state index contributed by atoms with van der Waals surface area (Å²) in [4.78, 5) is 8.97. The van der Waals surface area contributed by atoms with Crippen LogP contribution < -0.4 is 4.90 Å². The summed E-state index contributed by atoms with van der Waals surface area (Å²) in [6.45, 7) is 4.24. The van der Waals surface area contributed by atoms with Gasteiger partial charge in [0.05, 0.1) is 5.69 Å². The fraction of sp³-hybridized carbons (Fsp3) is 0.750. The van der Waals surface area contributed by atoms with Crippen molar-refractivity contribution in [1.29, 1.82) is 0 Å². The highest BCUT2D eigenvalue weighted by Gasteiger charge is 2.27. The molecule has 90 valence electrons. The predicted octanol–water partition coefficient (Wildman–Crippen LogP) is 3.90. The number of hydrogen-bond acceptors (Lipinski definition) is 3. The van der Waals surface area contributed by atoms with Gasteiger partial charge in [0.15, 0.2) is 5.13 Å². The van der Waals surface area contributed by atoms with Crippen LogP contribution in [0.4, 0.5) is 5.13 Å². The number of thiazole rings is 1. The average molecular weight is 303 g/mol.